The van der Waals surface area contributed by atoms with E-state index >= 15 is 0 Å². The van der Waals surface area contributed by atoms with Crippen LogP contribution in [0.4, 0.5) is 0 Å². The Bertz CT molecular complexity index is 289. The van der Waals surface area contributed by atoms with Gasteiger partial charge in [0.2, 0.25) is 0 Å². The van der Waals surface area contributed by atoms with Gasteiger partial charge in [0.1, 0.15) is 0 Å². The van der Waals surface area contributed by atoms with Crippen molar-refractivity contribution in [2.45, 2.75) is 25.3 Å². The fourth-order valence-electron chi connectivity index (χ4n) is 2.25. The molecular weight excluding hydrogens is 188 g/mol. The maximum Gasteiger partial charge on any atom is 0.0474 e. The van der Waals surface area contributed by atoms with E-state index in [-0.39, 0.29) is 6.61 Å². The minimum atomic E-state index is 0.290. The minimum Gasteiger partial charge on any atom is -0.396 e. The molecule has 0 spiro atoms. The van der Waals surface area contributed by atoms with Crippen LogP contribution in [0.3, 0.4) is 0 Å². The first-order valence-electron chi connectivity index (χ1n) is 5.63. The molecule has 82 valence electrons. The number of piperidine rings is 1. The molecule has 0 amide bonds. The molecule has 0 bridgehead atoms. The number of hydrogen-bond donors (Lipinski definition) is 2. The summed E-state index contributed by atoms with van der Waals surface area (Å²) in [6, 6.07) is 4.47. The van der Waals surface area contributed by atoms with E-state index in [2.05, 4.69) is 16.4 Å². The number of rotatable bonds is 3. The molecule has 0 aromatic carbocycles. The Kier molecular flexibility index (Phi) is 3.69. The lowest BCUT2D eigenvalue weighted by Crippen LogP contribution is -2.44. The Morgan fingerprint density at radius 2 is 2.47 bits per heavy atom. The molecule has 3 heteroatoms. The molecule has 2 unspecified atom stereocenters. The average Bonchev–Trinajstić information content (AvgIpc) is 2.31. The molecule has 3 nitrogen and oxygen atoms in total. The highest BCUT2D eigenvalue weighted by Gasteiger charge is 2.23. The monoisotopic (exact) mass is 206 g/mol. The van der Waals surface area contributed by atoms with Crippen molar-refractivity contribution in [3.05, 3.63) is 30.1 Å². The second-order valence-corrected chi connectivity index (χ2v) is 4.21. The van der Waals surface area contributed by atoms with Crippen LogP contribution in [0.2, 0.25) is 0 Å². The summed E-state index contributed by atoms with van der Waals surface area (Å²) in [6.45, 7) is 1.36. The average molecular weight is 206 g/mol. The fourth-order valence-corrected chi connectivity index (χ4v) is 2.25. The van der Waals surface area contributed by atoms with Crippen LogP contribution >= 0.6 is 0 Å². The van der Waals surface area contributed by atoms with Crippen LogP contribution in [-0.4, -0.2) is 29.3 Å². The van der Waals surface area contributed by atoms with Gasteiger partial charge in [0.15, 0.2) is 0 Å². The van der Waals surface area contributed by atoms with Crippen LogP contribution in [0.1, 0.15) is 18.4 Å². The second-order valence-electron chi connectivity index (χ2n) is 4.21. The molecule has 1 aliphatic heterocycles. The predicted octanol–water partition coefficient (Wildman–Crippen LogP) is 0.985. The van der Waals surface area contributed by atoms with Gasteiger partial charge in [-0.05, 0) is 43.4 Å². The van der Waals surface area contributed by atoms with Gasteiger partial charge in [-0.1, -0.05) is 6.07 Å². The van der Waals surface area contributed by atoms with Gasteiger partial charge in [0, 0.05) is 25.0 Å². The summed E-state index contributed by atoms with van der Waals surface area (Å²) in [6.07, 6.45) is 6.98. The van der Waals surface area contributed by atoms with Crippen molar-refractivity contribution in [1.29, 1.82) is 0 Å². The molecule has 2 atom stereocenters. The first kappa shape index (κ1) is 10.6. The van der Waals surface area contributed by atoms with Crippen LogP contribution in [0.15, 0.2) is 24.5 Å². The molecule has 1 aliphatic rings. The Morgan fingerprint density at radius 3 is 3.20 bits per heavy atom. The Morgan fingerprint density at radius 1 is 1.53 bits per heavy atom. The zero-order chi connectivity index (χ0) is 10.5. The normalized spacial score (nSPS) is 26.5. The second kappa shape index (κ2) is 5.24. The SMILES string of the molecule is OCC1CCCNC1Cc1cccnc1. The van der Waals surface area contributed by atoms with Crippen LogP contribution in [0.5, 0.6) is 0 Å². The summed E-state index contributed by atoms with van der Waals surface area (Å²) in [5.41, 5.74) is 1.25. The van der Waals surface area contributed by atoms with E-state index in [9.17, 15) is 5.11 Å². The minimum absolute atomic E-state index is 0.290. The topological polar surface area (TPSA) is 45.1 Å². The summed E-state index contributed by atoms with van der Waals surface area (Å²) in [4.78, 5) is 4.11. The number of aliphatic hydroxyl groups is 1. The van der Waals surface area contributed by atoms with Gasteiger partial charge in [-0.15, -0.1) is 0 Å². The number of pyridine rings is 1. The number of aliphatic hydroxyl groups excluding tert-OH is 1. The van der Waals surface area contributed by atoms with Gasteiger partial charge in [-0.3, -0.25) is 4.98 Å². The Hall–Kier alpha value is -0.930. The maximum atomic E-state index is 9.28. The lowest BCUT2D eigenvalue weighted by atomic mass is 9.88. The van der Waals surface area contributed by atoms with Crippen molar-refractivity contribution in [3.63, 3.8) is 0 Å². The van der Waals surface area contributed by atoms with Crippen LogP contribution in [0, 0.1) is 5.92 Å². The summed E-state index contributed by atoms with van der Waals surface area (Å²) < 4.78 is 0. The van der Waals surface area contributed by atoms with E-state index in [0.29, 0.717) is 12.0 Å². The van der Waals surface area contributed by atoms with Crippen LogP contribution in [-0.2, 0) is 6.42 Å². The quantitative estimate of drug-likeness (QED) is 0.775. The highest BCUT2D eigenvalue weighted by Crippen LogP contribution is 2.18. The van der Waals surface area contributed by atoms with E-state index in [0.717, 1.165) is 19.4 Å². The predicted molar refractivity (Wildman–Crippen MR) is 59.5 cm³/mol. The third-order valence-corrected chi connectivity index (χ3v) is 3.14. The number of aromatic nitrogens is 1. The standard InChI is InChI=1S/C12H18N2O/c15-9-11-4-2-6-14-12(11)7-10-3-1-5-13-8-10/h1,3,5,8,11-12,14-15H,2,4,6-7,9H2. The van der Waals surface area contributed by atoms with Gasteiger partial charge < -0.3 is 10.4 Å². The van der Waals surface area contributed by atoms with E-state index in [4.69, 9.17) is 0 Å². The molecule has 0 radical (unpaired) electrons. The molecule has 15 heavy (non-hydrogen) atoms. The van der Waals surface area contributed by atoms with Crippen LogP contribution < -0.4 is 5.32 Å². The van der Waals surface area contributed by atoms with E-state index in [1.165, 1.54) is 12.0 Å². The number of nitrogens with one attached hydrogen (secondary N) is 1. The summed E-state index contributed by atoms with van der Waals surface area (Å²) >= 11 is 0. The fraction of sp³-hybridized carbons (Fsp3) is 0.583. The first-order valence-corrected chi connectivity index (χ1v) is 5.63. The third-order valence-electron chi connectivity index (χ3n) is 3.14. The van der Waals surface area contributed by atoms with Gasteiger partial charge in [-0.2, -0.15) is 0 Å². The van der Waals surface area contributed by atoms with Crippen molar-refractivity contribution in [1.82, 2.24) is 10.3 Å². The molecule has 0 saturated carbocycles. The molecule has 1 aromatic rings. The van der Waals surface area contributed by atoms with Gasteiger partial charge >= 0.3 is 0 Å². The zero-order valence-corrected chi connectivity index (χ0v) is 8.89. The summed E-state index contributed by atoms with van der Waals surface area (Å²) in [5, 5.41) is 12.8. The number of nitrogens with zero attached hydrogens (tertiary/aromatic N) is 1. The van der Waals surface area contributed by atoms with Gasteiger partial charge in [-0.25, -0.2) is 0 Å². The molecule has 2 N–H and O–H groups in total. The van der Waals surface area contributed by atoms with E-state index < -0.39 is 0 Å². The summed E-state index contributed by atoms with van der Waals surface area (Å²) in [7, 11) is 0. The molecular formula is C12H18N2O. The van der Waals surface area contributed by atoms with E-state index in [1.54, 1.807) is 6.20 Å². The van der Waals surface area contributed by atoms with Gasteiger partial charge in [0.25, 0.3) is 0 Å². The summed E-state index contributed by atoms with van der Waals surface area (Å²) in [5.74, 6) is 0.402. The zero-order valence-electron chi connectivity index (χ0n) is 8.89. The van der Waals surface area contributed by atoms with E-state index in [1.807, 2.05) is 12.3 Å². The smallest absolute Gasteiger partial charge is 0.0474 e. The maximum absolute atomic E-state index is 9.28. The largest absolute Gasteiger partial charge is 0.396 e. The van der Waals surface area contributed by atoms with Gasteiger partial charge in [0.05, 0.1) is 0 Å². The van der Waals surface area contributed by atoms with Crippen LogP contribution in [0.25, 0.3) is 0 Å². The Labute approximate surface area is 90.5 Å². The van der Waals surface area contributed by atoms with Crippen molar-refractivity contribution in [2.75, 3.05) is 13.2 Å². The highest BCUT2D eigenvalue weighted by atomic mass is 16.3. The third kappa shape index (κ3) is 2.76. The molecule has 2 rings (SSSR count). The molecule has 0 aliphatic carbocycles. The molecule has 1 fully saturated rings. The lowest BCUT2D eigenvalue weighted by Gasteiger charge is -2.31. The molecule has 1 aromatic heterocycles. The van der Waals surface area contributed by atoms with Crippen molar-refractivity contribution in [2.24, 2.45) is 5.92 Å². The lowest BCUT2D eigenvalue weighted by molar-refractivity contribution is 0.159. The molecule has 2 heterocycles. The number of hydrogen-bond acceptors (Lipinski definition) is 3. The Balaban J connectivity index is 1.97. The highest BCUT2D eigenvalue weighted by molar-refractivity contribution is 5.11. The first-order chi connectivity index (χ1) is 7.40. The van der Waals surface area contributed by atoms with Crippen molar-refractivity contribution < 1.29 is 5.11 Å². The van der Waals surface area contributed by atoms with Crippen molar-refractivity contribution >= 4 is 0 Å². The molecule has 1 saturated heterocycles. The van der Waals surface area contributed by atoms with Crippen molar-refractivity contribution in [3.8, 4) is 0 Å².